The number of carboxylic acid groups (broad SMARTS) is 1. The summed E-state index contributed by atoms with van der Waals surface area (Å²) in [6.45, 7) is 0.104. The fraction of sp³-hybridized carbons (Fsp3) is 0.375. The smallest absolute Gasteiger partial charge is 0.340 e. The predicted octanol–water partition coefficient (Wildman–Crippen LogP) is 2.62. The van der Waals surface area contributed by atoms with Gasteiger partial charge in [-0.25, -0.2) is 4.79 Å². The number of hydrogen-bond donors (Lipinski definition) is 2. The van der Waals surface area contributed by atoms with Crippen molar-refractivity contribution in [3.63, 3.8) is 0 Å². The number of hydrogen-bond acceptors (Lipinski definition) is 4. The molecule has 21 heavy (non-hydrogen) atoms. The van der Waals surface area contributed by atoms with Crippen molar-refractivity contribution in [2.45, 2.75) is 31.3 Å². The molecule has 0 radical (unpaired) electrons. The lowest BCUT2D eigenvalue weighted by Crippen LogP contribution is -2.32. The van der Waals surface area contributed by atoms with Crippen molar-refractivity contribution < 1.29 is 19.7 Å². The summed E-state index contributed by atoms with van der Waals surface area (Å²) in [7, 11) is 0. The highest BCUT2D eigenvalue weighted by molar-refractivity contribution is 6.04. The number of pyridine rings is 1. The number of ether oxygens (including phenoxy) is 1. The molecule has 1 aromatic heterocycles. The van der Waals surface area contributed by atoms with Gasteiger partial charge in [0.1, 0.15) is 12.2 Å². The fourth-order valence-electron chi connectivity index (χ4n) is 2.84. The lowest BCUT2D eigenvalue weighted by Gasteiger charge is -2.22. The normalized spacial score (nSPS) is 17.0. The fourth-order valence-corrected chi connectivity index (χ4v) is 2.84. The number of benzene rings is 1. The van der Waals surface area contributed by atoms with Crippen LogP contribution in [0.1, 0.15) is 36.0 Å². The molecule has 110 valence electrons. The van der Waals surface area contributed by atoms with Crippen molar-refractivity contribution in [1.29, 1.82) is 0 Å². The number of carboxylic acids is 1. The van der Waals surface area contributed by atoms with Crippen molar-refractivity contribution in [1.82, 2.24) is 4.98 Å². The van der Waals surface area contributed by atoms with E-state index in [-0.39, 0.29) is 17.9 Å². The lowest BCUT2D eigenvalue weighted by atomic mass is 10.0. The molecule has 5 nitrogen and oxygen atoms in total. The Morgan fingerprint density at radius 3 is 2.71 bits per heavy atom. The summed E-state index contributed by atoms with van der Waals surface area (Å²) in [5.41, 5.74) is -0.134. The van der Waals surface area contributed by atoms with Gasteiger partial charge in [-0.15, -0.1) is 0 Å². The molecule has 1 aliphatic carbocycles. The second-order valence-corrected chi connectivity index (χ2v) is 5.54. The van der Waals surface area contributed by atoms with E-state index >= 15 is 0 Å². The Morgan fingerprint density at radius 2 is 2.00 bits per heavy atom. The van der Waals surface area contributed by atoms with E-state index in [2.05, 4.69) is 4.98 Å². The van der Waals surface area contributed by atoms with Crippen LogP contribution in [0.15, 0.2) is 30.5 Å². The first-order chi connectivity index (χ1) is 10.1. The van der Waals surface area contributed by atoms with Gasteiger partial charge in [0.25, 0.3) is 0 Å². The summed E-state index contributed by atoms with van der Waals surface area (Å²) in [4.78, 5) is 15.8. The molecule has 1 aliphatic rings. The number of rotatable bonds is 4. The lowest BCUT2D eigenvalue weighted by molar-refractivity contribution is 0.000864. The van der Waals surface area contributed by atoms with E-state index in [0.29, 0.717) is 23.7 Å². The van der Waals surface area contributed by atoms with E-state index in [1.54, 1.807) is 18.2 Å². The number of nitrogens with zero attached hydrogens (tertiary/aromatic N) is 1. The molecule has 2 N–H and O–H groups in total. The van der Waals surface area contributed by atoms with Gasteiger partial charge in [-0.1, -0.05) is 31.0 Å². The minimum atomic E-state index is -1.05. The molecule has 1 saturated carbocycles. The van der Waals surface area contributed by atoms with E-state index in [0.717, 1.165) is 12.8 Å². The van der Waals surface area contributed by atoms with Crippen LogP contribution in [0.5, 0.6) is 5.75 Å². The molecule has 1 fully saturated rings. The summed E-state index contributed by atoms with van der Waals surface area (Å²) in [6.07, 6.45) is 4.75. The molecule has 0 bridgehead atoms. The third kappa shape index (κ3) is 2.69. The highest BCUT2D eigenvalue weighted by atomic mass is 16.5. The van der Waals surface area contributed by atoms with Crippen molar-refractivity contribution in [3.8, 4) is 5.75 Å². The molecule has 0 unspecified atom stereocenters. The molecule has 2 aromatic rings. The first kappa shape index (κ1) is 13.8. The highest BCUT2D eigenvalue weighted by Crippen LogP contribution is 2.32. The molecule has 3 rings (SSSR count). The van der Waals surface area contributed by atoms with E-state index in [1.807, 2.05) is 6.07 Å². The second kappa shape index (κ2) is 5.33. The number of aromatic carboxylic acids is 1. The summed E-state index contributed by atoms with van der Waals surface area (Å²) >= 11 is 0. The first-order valence-corrected chi connectivity index (χ1v) is 7.05. The number of aliphatic hydroxyl groups is 1. The number of aromatic nitrogens is 1. The standard InChI is InChI=1S/C16H17NO4/c18-15(19)14-11-5-1-2-6-12(11)17-9-13(14)21-10-16(20)7-3-4-8-16/h1-2,5-6,9,20H,3-4,7-8,10H2,(H,18,19). The average Bonchev–Trinajstić information content (AvgIpc) is 2.91. The third-order valence-electron chi connectivity index (χ3n) is 3.99. The van der Waals surface area contributed by atoms with Crippen LogP contribution in [0, 0.1) is 0 Å². The third-order valence-corrected chi connectivity index (χ3v) is 3.99. The monoisotopic (exact) mass is 287 g/mol. The van der Waals surface area contributed by atoms with Gasteiger partial charge >= 0.3 is 5.97 Å². The van der Waals surface area contributed by atoms with E-state index in [9.17, 15) is 15.0 Å². The Morgan fingerprint density at radius 1 is 1.29 bits per heavy atom. The van der Waals surface area contributed by atoms with E-state index in [1.165, 1.54) is 6.20 Å². The predicted molar refractivity (Wildman–Crippen MR) is 77.6 cm³/mol. The SMILES string of the molecule is O=C(O)c1c(OCC2(O)CCCC2)cnc2ccccc12. The van der Waals surface area contributed by atoms with Gasteiger partial charge in [0, 0.05) is 5.39 Å². The van der Waals surface area contributed by atoms with Gasteiger partial charge in [0.15, 0.2) is 5.75 Å². The van der Waals surface area contributed by atoms with Crippen molar-refractivity contribution in [3.05, 3.63) is 36.0 Å². The topological polar surface area (TPSA) is 79.7 Å². The minimum absolute atomic E-state index is 0.0993. The van der Waals surface area contributed by atoms with Crippen molar-refractivity contribution in [2.24, 2.45) is 0 Å². The van der Waals surface area contributed by atoms with Crippen LogP contribution in [0.4, 0.5) is 0 Å². The zero-order valence-electron chi connectivity index (χ0n) is 11.6. The Hall–Kier alpha value is -2.14. The molecule has 1 heterocycles. The number of carbonyl (C=O) groups is 1. The van der Waals surface area contributed by atoms with Gasteiger partial charge in [-0.3, -0.25) is 4.98 Å². The zero-order chi connectivity index (χ0) is 14.9. The molecule has 1 aromatic carbocycles. The summed E-state index contributed by atoms with van der Waals surface area (Å²) in [5, 5.41) is 20.3. The minimum Gasteiger partial charge on any atom is -0.488 e. The van der Waals surface area contributed by atoms with Crippen molar-refractivity contribution in [2.75, 3.05) is 6.61 Å². The highest BCUT2D eigenvalue weighted by Gasteiger charge is 2.32. The number of para-hydroxylation sites is 1. The Labute approximate surface area is 122 Å². The molecule has 0 spiro atoms. The molecule has 0 aliphatic heterocycles. The Kier molecular flexibility index (Phi) is 3.51. The van der Waals surface area contributed by atoms with Gasteiger partial charge < -0.3 is 14.9 Å². The van der Waals surface area contributed by atoms with Crippen LogP contribution < -0.4 is 4.74 Å². The zero-order valence-corrected chi connectivity index (χ0v) is 11.6. The Balaban J connectivity index is 1.94. The molecule has 5 heteroatoms. The number of fused-ring (bicyclic) bond motifs is 1. The molecule has 0 saturated heterocycles. The molecule has 0 amide bonds. The van der Waals surface area contributed by atoms with Crippen LogP contribution in [-0.2, 0) is 0 Å². The first-order valence-electron chi connectivity index (χ1n) is 7.05. The van der Waals surface area contributed by atoms with Gasteiger partial charge in [-0.05, 0) is 18.9 Å². The van der Waals surface area contributed by atoms with E-state index in [4.69, 9.17) is 4.74 Å². The average molecular weight is 287 g/mol. The van der Waals surface area contributed by atoms with Gasteiger partial charge in [0.05, 0.1) is 17.3 Å². The van der Waals surface area contributed by atoms with Gasteiger partial charge in [-0.2, -0.15) is 0 Å². The second-order valence-electron chi connectivity index (χ2n) is 5.54. The van der Waals surface area contributed by atoms with Gasteiger partial charge in [0.2, 0.25) is 0 Å². The van der Waals surface area contributed by atoms with Crippen molar-refractivity contribution >= 4 is 16.9 Å². The van der Waals surface area contributed by atoms with Crippen LogP contribution in [-0.4, -0.2) is 33.4 Å². The van der Waals surface area contributed by atoms with Crippen LogP contribution in [0.2, 0.25) is 0 Å². The molecule has 0 atom stereocenters. The van der Waals surface area contributed by atoms with E-state index < -0.39 is 11.6 Å². The maximum absolute atomic E-state index is 11.5. The molecular formula is C16H17NO4. The quantitative estimate of drug-likeness (QED) is 0.903. The molecular weight excluding hydrogens is 270 g/mol. The van der Waals surface area contributed by atoms with Crippen LogP contribution >= 0.6 is 0 Å². The summed E-state index contributed by atoms with van der Waals surface area (Å²) < 4.78 is 5.60. The summed E-state index contributed by atoms with van der Waals surface area (Å²) in [6, 6.07) is 7.05. The largest absolute Gasteiger partial charge is 0.488 e. The maximum Gasteiger partial charge on any atom is 0.340 e. The van der Waals surface area contributed by atoms with Crippen LogP contribution in [0.3, 0.4) is 0 Å². The van der Waals surface area contributed by atoms with Crippen LogP contribution in [0.25, 0.3) is 10.9 Å². The Bertz CT molecular complexity index is 677. The summed E-state index contributed by atoms with van der Waals surface area (Å²) in [5.74, 6) is -0.844. The maximum atomic E-state index is 11.5.